The van der Waals surface area contributed by atoms with Crippen LogP contribution in [-0.4, -0.2) is 36.2 Å². The molecular formula is C11H28N4O3. The van der Waals surface area contributed by atoms with Crippen molar-refractivity contribution in [3.8, 4) is 0 Å². The van der Waals surface area contributed by atoms with Crippen molar-refractivity contribution in [3.05, 3.63) is 12.2 Å². The zero-order chi connectivity index (χ0) is 13.9. The maximum absolute atomic E-state index is 9.48. The molecule has 110 valence electrons. The smallest absolute Gasteiger partial charge is 0.142 e. The van der Waals surface area contributed by atoms with Crippen molar-refractivity contribution in [2.45, 2.75) is 39.2 Å². The van der Waals surface area contributed by atoms with Crippen LogP contribution in [0.2, 0.25) is 0 Å². The zero-order valence-corrected chi connectivity index (χ0v) is 11.5. The Morgan fingerprint density at radius 1 is 1.44 bits per heavy atom. The van der Waals surface area contributed by atoms with Gasteiger partial charge in [-0.3, -0.25) is 16.5 Å². The molecule has 18 heavy (non-hydrogen) atoms. The number of carbonyl (C=O) groups is 1. The molecule has 0 radical (unpaired) electrons. The van der Waals surface area contributed by atoms with E-state index in [-0.39, 0.29) is 5.48 Å². The maximum Gasteiger partial charge on any atom is 0.142 e. The minimum Gasteiger partial charge on any atom is -0.412 e. The van der Waals surface area contributed by atoms with Gasteiger partial charge in [0.05, 0.1) is 0 Å². The van der Waals surface area contributed by atoms with Gasteiger partial charge in [-0.2, -0.15) is 5.10 Å². The number of hydrazine groups is 1. The fourth-order valence-electron chi connectivity index (χ4n) is 0.840. The van der Waals surface area contributed by atoms with Crippen LogP contribution >= 0.6 is 0 Å². The predicted molar refractivity (Wildman–Crippen MR) is 76.0 cm³/mol. The number of hydrazone groups is 1. The van der Waals surface area contributed by atoms with Gasteiger partial charge in [0.2, 0.25) is 0 Å². The van der Waals surface area contributed by atoms with Gasteiger partial charge in [-0.05, 0) is 18.9 Å². The monoisotopic (exact) mass is 264 g/mol. The van der Waals surface area contributed by atoms with Gasteiger partial charge in [0.15, 0.2) is 0 Å². The van der Waals surface area contributed by atoms with Gasteiger partial charge in [-0.15, -0.1) is 0 Å². The molecule has 1 unspecified atom stereocenters. The second kappa shape index (κ2) is 29.6. The highest BCUT2D eigenvalue weighted by atomic mass is 16.2. The van der Waals surface area contributed by atoms with Gasteiger partial charge >= 0.3 is 0 Å². The Hall–Kier alpha value is -1.28. The number of aliphatic hydroxyl groups excluding tert-OH is 1. The van der Waals surface area contributed by atoms with Crippen molar-refractivity contribution < 1.29 is 15.4 Å². The summed E-state index contributed by atoms with van der Waals surface area (Å²) in [4.78, 5) is 9.48. The molecule has 1 aliphatic rings. The van der Waals surface area contributed by atoms with Crippen LogP contribution in [0.1, 0.15) is 33.1 Å². The Balaban J connectivity index is -0.0000000825. The molecule has 0 spiro atoms. The van der Waals surface area contributed by atoms with Crippen molar-refractivity contribution in [1.82, 2.24) is 5.43 Å². The summed E-state index contributed by atoms with van der Waals surface area (Å²) >= 11 is 0. The SMILES string of the molecule is CC/C=C/C=O.CCC1CC=NN1.CO.NN.O. The lowest BCUT2D eigenvalue weighted by atomic mass is 10.2. The van der Waals surface area contributed by atoms with Crippen LogP contribution in [0.15, 0.2) is 17.3 Å². The topological polar surface area (TPSA) is 145 Å². The fourth-order valence-corrected chi connectivity index (χ4v) is 0.840. The Bertz CT molecular complexity index is 179. The number of aldehydes is 1. The first-order chi connectivity index (χ1) is 8.35. The van der Waals surface area contributed by atoms with E-state index in [1.165, 1.54) is 12.5 Å². The van der Waals surface area contributed by atoms with E-state index in [2.05, 4.69) is 29.1 Å². The molecule has 0 aromatic rings. The molecule has 7 nitrogen and oxygen atoms in total. The molecule has 1 atom stereocenters. The molecule has 0 bridgehead atoms. The molecule has 1 rings (SSSR count). The third kappa shape index (κ3) is 24.1. The Morgan fingerprint density at radius 3 is 2.17 bits per heavy atom. The third-order valence-electron chi connectivity index (χ3n) is 1.68. The van der Waals surface area contributed by atoms with E-state index >= 15 is 0 Å². The van der Waals surface area contributed by atoms with Gasteiger partial charge in [0.1, 0.15) is 6.29 Å². The zero-order valence-electron chi connectivity index (χ0n) is 11.5. The van der Waals surface area contributed by atoms with Crippen LogP contribution in [-0.2, 0) is 4.79 Å². The highest BCUT2D eigenvalue weighted by molar-refractivity contribution is 5.64. The van der Waals surface area contributed by atoms with Gasteiger partial charge < -0.3 is 16.0 Å². The van der Waals surface area contributed by atoms with Crippen LogP contribution in [0.4, 0.5) is 0 Å². The molecule has 1 heterocycles. The molecular weight excluding hydrogens is 236 g/mol. The minimum absolute atomic E-state index is 0. The summed E-state index contributed by atoms with van der Waals surface area (Å²) in [6, 6.07) is 0.625. The van der Waals surface area contributed by atoms with Crippen molar-refractivity contribution in [1.29, 1.82) is 0 Å². The number of allylic oxidation sites excluding steroid dienone is 2. The maximum atomic E-state index is 9.48. The fraction of sp³-hybridized carbons (Fsp3) is 0.636. The van der Waals surface area contributed by atoms with Crippen LogP contribution in [0.25, 0.3) is 0 Å². The van der Waals surface area contributed by atoms with Crippen molar-refractivity contribution in [2.75, 3.05) is 7.11 Å². The number of nitrogens with two attached hydrogens (primary N) is 2. The molecule has 0 fully saturated rings. The lowest BCUT2D eigenvalue weighted by molar-refractivity contribution is -0.104. The van der Waals surface area contributed by atoms with Gasteiger partial charge in [0.25, 0.3) is 0 Å². The number of aliphatic hydroxyl groups is 1. The third-order valence-corrected chi connectivity index (χ3v) is 1.68. The molecule has 1 aliphatic heterocycles. The van der Waals surface area contributed by atoms with Crippen LogP contribution < -0.4 is 17.1 Å². The summed E-state index contributed by atoms with van der Waals surface area (Å²) in [5.41, 5.74) is 2.98. The second-order valence-corrected chi connectivity index (χ2v) is 2.75. The molecule has 0 aromatic heterocycles. The first kappa shape index (κ1) is 25.5. The largest absolute Gasteiger partial charge is 0.412 e. The summed E-state index contributed by atoms with van der Waals surface area (Å²) in [5.74, 6) is 8.00. The molecule has 0 saturated carbocycles. The molecule has 0 aliphatic carbocycles. The van der Waals surface area contributed by atoms with Crippen LogP contribution in [0, 0.1) is 0 Å². The second-order valence-electron chi connectivity index (χ2n) is 2.75. The predicted octanol–water partition coefficient (Wildman–Crippen LogP) is -0.502. The van der Waals surface area contributed by atoms with E-state index in [9.17, 15) is 4.79 Å². The Morgan fingerprint density at radius 2 is 2.00 bits per heavy atom. The standard InChI is InChI=1S/C5H10N2.C5H8O.CH4O.H4N2.H2O/c1-2-5-3-4-6-7-5;1-2-3-4-5-6;2*1-2;/h4-5,7H,2-3H2,1H3;3-5H,2H2,1H3;2H,1H3;1-2H2;1H2/b;4-3+;;;. The molecule has 7 heteroatoms. The summed E-state index contributed by atoms with van der Waals surface area (Å²) in [5, 5.41) is 10.9. The van der Waals surface area contributed by atoms with Crippen molar-refractivity contribution >= 4 is 12.5 Å². The van der Waals surface area contributed by atoms with E-state index in [1.54, 1.807) is 0 Å². The minimum atomic E-state index is 0. The number of hydrogen-bond donors (Lipinski definition) is 4. The van der Waals surface area contributed by atoms with Gasteiger partial charge in [-0.1, -0.05) is 19.9 Å². The van der Waals surface area contributed by atoms with E-state index in [1.807, 2.05) is 19.2 Å². The van der Waals surface area contributed by atoms with Gasteiger partial charge in [-0.25, -0.2) is 0 Å². The number of rotatable bonds is 3. The number of nitrogens with one attached hydrogen (secondary N) is 1. The number of hydrogen-bond acceptors (Lipinski definition) is 6. The summed E-state index contributed by atoms with van der Waals surface area (Å²) < 4.78 is 0. The summed E-state index contributed by atoms with van der Waals surface area (Å²) in [6.45, 7) is 4.15. The highest BCUT2D eigenvalue weighted by Gasteiger charge is 2.04. The summed E-state index contributed by atoms with van der Waals surface area (Å²) in [7, 11) is 1.00. The van der Waals surface area contributed by atoms with E-state index in [0.29, 0.717) is 6.04 Å². The van der Waals surface area contributed by atoms with Crippen LogP contribution in [0.3, 0.4) is 0 Å². The number of carbonyl (C=O) groups excluding carboxylic acids is 1. The quantitative estimate of drug-likeness (QED) is 0.235. The Labute approximate surface area is 109 Å². The average Bonchev–Trinajstić information content (AvgIpc) is 2.95. The van der Waals surface area contributed by atoms with Crippen molar-refractivity contribution in [2.24, 2.45) is 16.8 Å². The lowest BCUT2D eigenvalue weighted by Crippen LogP contribution is -2.16. The number of nitrogens with zero attached hydrogens (tertiary/aromatic N) is 1. The molecule has 0 aromatic carbocycles. The first-order valence-corrected chi connectivity index (χ1v) is 5.50. The molecule has 8 N–H and O–H groups in total. The van der Waals surface area contributed by atoms with E-state index < -0.39 is 0 Å². The highest BCUT2D eigenvalue weighted by Crippen LogP contribution is 1.98. The molecule has 0 amide bonds. The lowest BCUT2D eigenvalue weighted by Gasteiger charge is -2.01. The van der Waals surface area contributed by atoms with Crippen molar-refractivity contribution in [3.63, 3.8) is 0 Å². The van der Waals surface area contributed by atoms with E-state index in [0.717, 1.165) is 26.2 Å². The Kier molecular flexibility index (Phi) is 42.1. The normalized spacial score (nSPS) is 14.7. The summed E-state index contributed by atoms with van der Waals surface area (Å²) in [6.07, 6.45) is 9.25. The molecule has 0 saturated heterocycles. The van der Waals surface area contributed by atoms with Crippen LogP contribution in [0.5, 0.6) is 0 Å². The first-order valence-electron chi connectivity index (χ1n) is 5.50. The van der Waals surface area contributed by atoms with Gasteiger partial charge in [0, 0.05) is 25.8 Å². The average molecular weight is 264 g/mol. The van der Waals surface area contributed by atoms with E-state index in [4.69, 9.17) is 5.11 Å².